The molecule has 0 saturated carbocycles. The highest BCUT2D eigenvalue weighted by molar-refractivity contribution is 7.13. The summed E-state index contributed by atoms with van der Waals surface area (Å²) in [4.78, 5) is 17.4. The summed E-state index contributed by atoms with van der Waals surface area (Å²) in [6.45, 7) is 5.61. The molecular formula is C12H14ClN5S. The number of nitrogens with zero attached hydrogens (tertiary/aromatic N) is 5. The van der Waals surface area contributed by atoms with E-state index in [2.05, 4.69) is 24.8 Å². The lowest BCUT2D eigenvalue weighted by atomic mass is 10.3. The van der Waals surface area contributed by atoms with Crippen LogP contribution in [0.3, 0.4) is 0 Å². The normalized spacial score (nSPS) is 15.9. The lowest BCUT2D eigenvalue weighted by molar-refractivity contribution is 0.644. The van der Waals surface area contributed by atoms with Gasteiger partial charge in [-0.1, -0.05) is 11.6 Å². The Morgan fingerprint density at radius 3 is 2.53 bits per heavy atom. The van der Waals surface area contributed by atoms with Gasteiger partial charge in [0.15, 0.2) is 5.13 Å². The monoisotopic (exact) mass is 295 g/mol. The third-order valence-corrected chi connectivity index (χ3v) is 4.11. The molecule has 0 aliphatic carbocycles. The second-order valence-electron chi connectivity index (χ2n) is 4.38. The molecule has 0 aromatic carbocycles. The fourth-order valence-corrected chi connectivity index (χ4v) is 3.09. The van der Waals surface area contributed by atoms with Gasteiger partial charge in [-0.25, -0.2) is 15.0 Å². The smallest absolute Gasteiger partial charge is 0.185 e. The molecule has 19 heavy (non-hydrogen) atoms. The van der Waals surface area contributed by atoms with Crippen molar-refractivity contribution in [3.8, 4) is 0 Å². The number of aryl methyl sites for hydroxylation is 1. The Bertz CT molecular complexity index is 531. The first kappa shape index (κ1) is 12.6. The Labute approximate surface area is 120 Å². The maximum Gasteiger partial charge on any atom is 0.185 e. The van der Waals surface area contributed by atoms with Crippen LogP contribution in [-0.2, 0) is 0 Å². The van der Waals surface area contributed by atoms with Crippen molar-refractivity contribution in [1.29, 1.82) is 0 Å². The van der Waals surface area contributed by atoms with Crippen LogP contribution in [-0.4, -0.2) is 41.1 Å². The highest BCUT2D eigenvalue weighted by atomic mass is 35.5. The molecule has 0 N–H and O–H groups in total. The van der Waals surface area contributed by atoms with Gasteiger partial charge in [-0.15, -0.1) is 11.3 Å². The molecule has 5 nitrogen and oxygen atoms in total. The summed E-state index contributed by atoms with van der Waals surface area (Å²) in [5.74, 6) is 1.63. The van der Waals surface area contributed by atoms with Gasteiger partial charge < -0.3 is 9.80 Å². The zero-order valence-corrected chi connectivity index (χ0v) is 12.2. The highest BCUT2D eigenvalue weighted by Gasteiger charge is 2.20. The Morgan fingerprint density at radius 2 is 1.89 bits per heavy atom. The molecule has 0 spiro atoms. The zero-order chi connectivity index (χ0) is 13.2. The summed E-state index contributed by atoms with van der Waals surface area (Å²) >= 11 is 7.66. The molecule has 1 aliphatic rings. The topological polar surface area (TPSA) is 45.2 Å². The number of hydrogen-bond acceptors (Lipinski definition) is 6. The second-order valence-corrected chi connectivity index (χ2v) is 5.65. The standard InChI is InChI=1S/C12H14ClN5S/c1-9-15-10(13)8-11(16-9)17-3-5-18(6-4-17)12-14-2-7-19-12/h2,7-8H,3-6H2,1H3. The van der Waals surface area contributed by atoms with E-state index in [1.54, 1.807) is 11.3 Å². The number of aromatic nitrogens is 3. The van der Waals surface area contributed by atoms with E-state index in [0.29, 0.717) is 11.0 Å². The predicted octanol–water partition coefficient (Wildman–Crippen LogP) is 2.22. The molecule has 3 rings (SSSR count). The number of piperazine rings is 1. The number of rotatable bonds is 2. The van der Waals surface area contributed by atoms with E-state index in [1.807, 2.05) is 24.6 Å². The Hall–Kier alpha value is -1.40. The van der Waals surface area contributed by atoms with E-state index in [0.717, 1.165) is 37.1 Å². The molecule has 100 valence electrons. The van der Waals surface area contributed by atoms with Crippen LogP contribution in [0.25, 0.3) is 0 Å². The quantitative estimate of drug-likeness (QED) is 0.795. The van der Waals surface area contributed by atoms with E-state index < -0.39 is 0 Å². The molecule has 1 saturated heterocycles. The SMILES string of the molecule is Cc1nc(Cl)cc(N2CCN(c3nccs3)CC2)n1. The summed E-state index contributed by atoms with van der Waals surface area (Å²) in [5.41, 5.74) is 0. The van der Waals surface area contributed by atoms with Gasteiger partial charge in [-0.05, 0) is 6.92 Å². The summed E-state index contributed by atoms with van der Waals surface area (Å²) in [6, 6.07) is 1.83. The molecule has 1 aliphatic heterocycles. The van der Waals surface area contributed by atoms with Crippen molar-refractivity contribution >= 4 is 33.9 Å². The predicted molar refractivity (Wildman–Crippen MR) is 78.3 cm³/mol. The van der Waals surface area contributed by atoms with Gasteiger partial charge in [0.1, 0.15) is 16.8 Å². The van der Waals surface area contributed by atoms with Crippen LogP contribution < -0.4 is 9.80 Å². The first-order valence-electron chi connectivity index (χ1n) is 6.13. The summed E-state index contributed by atoms with van der Waals surface area (Å²) in [6.07, 6.45) is 1.85. The molecule has 0 amide bonds. The van der Waals surface area contributed by atoms with Crippen molar-refractivity contribution in [2.75, 3.05) is 36.0 Å². The second kappa shape index (κ2) is 5.30. The molecular weight excluding hydrogens is 282 g/mol. The fourth-order valence-electron chi connectivity index (χ4n) is 2.18. The highest BCUT2D eigenvalue weighted by Crippen LogP contribution is 2.22. The zero-order valence-electron chi connectivity index (χ0n) is 10.6. The van der Waals surface area contributed by atoms with Gasteiger partial charge in [0, 0.05) is 43.8 Å². The van der Waals surface area contributed by atoms with E-state index in [4.69, 9.17) is 11.6 Å². The minimum absolute atomic E-state index is 0.504. The Balaban J connectivity index is 1.70. The summed E-state index contributed by atoms with van der Waals surface area (Å²) < 4.78 is 0. The minimum Gasteiger partial charge on any atom is -0.353 e. The maximum atomic E-state index is 5.98. The van der Waals surface area contributed by atoms with Crippen LogP contribution in [0, 0.1) is 6.92 Å². The lowest BCUT2D eigenvalue weighted by Gasteiger charge is -2.35. The lowest BCUT2D eigenvalue weighted by Crippen LogP contribution is -2.46. The average Bonchev–Trinajstić information content (AvgIpc) is 2.91. The van der Waals surface area contributed by atoms with Crippen LogP contribution in [0.5, 0.6) is 0 Å². The molecule has 0 bridgehead atoms. The van der Waals surface area contributed by atoms with Crippen LogP contribution in [0.4, 0.5) is 10.9 Å². The maximum absolute atomic E-state index is 5.98. The molecule has 3 heterocycles. The van der Waals surface area contributed by atoms with Crippen molar-refractivity contribution < 1.29 is 0 Å². The van der Waals surface area contributed by atoms with Gasteiger partial charge in [-0.3, -0.25) is 0 Å². The number of hydrogen-bond donors (Lipinski definition) is 0. The van der Waals surface area contributed by atoms with Crippen LogP contribution in [0.1, 0.15) is 5.82 Å². The minimum atomic E-state index is 0.504. The third kappa shape index (κ3) is 2.79. The summed E-state index contributed by atoms with van der Waals surface area (Å²) in [5, 5.41) is 3.61. The van der Waals surface area contributed by atoms with E-state index >= 15 is 0 Å². The molecule has 0 radical (unpaired) electrons. The van der Waals surface area contributed by atoms with Crippen molar-refractivity contribution in [3.05, 3.63) is 28.6 Å². The Kier molecular flexibility index (Phi) is 3.52. The first-order valence-corrected chi connectivity index (χ1v) is 7.39. The number of halogens is 1. The van der Waals surface area contributed by atoms with Crippen LogP contribution in [0.15, 0.2) is 17.6 Å². The van der Waals surface area contributed by atoms with Crippen molar-refractivity contribution in [2.24, 2.45) is 0 Å². The number of thiazole rings is 1. The van der Waals surface area contributed by atoms with Crippen molar-refractivity contribution in [3.63, 3.8) is 0 Å². The third-order valence-electron chi connectivity index (χ3n) is 3.09. The van der Waals surface area contributed by atoms with Crippen LogP contribution in [0.2, 0.25) is 5.15 Å². The Morgan fingerprint density at radius 1 is 1.16 bits per heavy atom. The van der Waals surface area contributed by atoms with Gasteiger partial charge >= 0.3 is 0 Å². The van der Waals surface area contributed by atoms with Gasteiger partial charge in [-0.2, -0.15) is 0 Å². The van der Waals surface area contributed by atoms with Gasteiger partial charge in [0.25, 0.3) is 0 Å². The summed E-state index contributed by atoms with van der Waals surface area (Å²) in [7, 11) is 0. The molecule has 7 heteroatoms. The molecule has 0 atom stereocenters. The molecule has 0 unspecified atom stereocenters. The van der Waals surface area contributed by atoms with Crippen LogP contribution >= 0.6 is 22.9 Å². The van der Waals surface area contributed by atoms with E-state index in [1.165, 1.54) is 0 Å². The number of anilines is 2. The largest absolute Gasteiger partial charge is 0.353 e. The average molecular weight is 296 g/mol. The first-order chi connectivity index (χ1) is 9.22. The fraction of sp³-hybridized carbons (Fsp3) is 0.417. The van der Waals surface area contributed by atoms with Gasteiger partial charge in [0.05, 0.1) is 0 Å². The van der Waals surface area contributed by atoms with Crippen molar-refractivity contribution in [2.45, 2.75) is 6.92 Å². The van der Waals surface area contributed by atoms with Crippen molar-refractivity contribution in [1.82, 2.24) is 15.0 Å². The molecule has 2 aromatic rings. The van der Waals surface area contributed by atoms with E-state index in [9.17, 15) is 0 Å². The molecule has 2 aromatic heterocycles. The van der Waals surface area contributed by atoms with E-state index in [-0.39, 0.29) is 0 Å². The van der Waals surface area contributed by atoms with Gasteiger partial charge in [0.2, 0.25) is 0 Å². The molecule has 1 fully saturated rings.